The number of benzene rings is 1. The summed E-state index contributed by atoms with van der Waals surface area (Å²) in [5.41, 5.74) is 3.40. The lowest BCUT2D eigenvalue weighted by atomic mass is 10.1. The Bertz CT molecular complexity index is 1280. The lowest BCUT2D eigenvalue weighted by Crippen LogP contribution is -2.15. The predicted octanol–water partition coefficient (Wildman–Crippen LogP) is 3.99. The number of aryl methyl sites for hydroxylation is 1. The number of nitrogens with zero attached hydrogens (tertiary/aromatic N) is 3. The number of nitrogens with one attached hydrogen (secondary N) is 1. The molecule has 5 rings (SSSR count). The van der Waals surface area contributed by atoms with Gasteiger partial charge in [0.1, 0.15) is 0 Å². The first kappa shape index (κ1) is 19.7. The van der Waals surface area contributed by atoms with E-state index in [1.807, 2.05) is 37.3 Å². The van der Waals surface area contributed by atoms with Crippen LogP contribution >= 0.6 is 15.9 Å². The summed E-state index contributed by atoms with van der Waals surface area (Å²) in [5.74, 6) is 0.362. The summed E-state index contributed by atoms with van der Waals surface area (Å²) in [7, 11) is -3.06. The van der Waals surface area contributed by atoms with E-state index in [2.05, 4.69) is 26.3 Å². The number of sulfone groups is 1. The van der Waals surface area contributed by atoms with Crippen molar-refractivity contribution in [1.82, 2.24) is 14.8 Å². The maximum absolute atomic E-state index is 13.2. The Balaban J connectivity index is 1.61. The van der Waals surface area contributed by atoms with Gasteiger partial charge in [0, 0.05) is 21.8 Å². The summed E-state index contributed by atoms with van der Waals surface area (Å²) in [5, 5.41) is 8.28. The van der Waals surface area contributed by atoms with Crippen LogP contribution in [0.4, 0.5) is 5.69 Å². The third-order valence-electron chi connectivity index (χ3n) is 5.73. The van der Waals surface area contributed by atoms with E-state index < -0.39 is 9.84 Å². The van der Waals surface area contributed by atoms with Crippen LogP contribution in [0.5, 0.6) is 0 Å². The third-order valence-corrected chi connectivity index (χ3v) is 7.98. The number of carbonyl (C=O) groups excluding carboxylic acids is 1. The fourth-order valence-corrected chi connectivity index (χ4v) is 6.18. The number of amides is 1. The summed E-state index contributed by atoms with van der Waals surface area (Å²) in [6.45, 7) is 1.84. The number of fused-ring (bicyclic) bond motifs is 1. The number of anilines is 1. The molecule has 0 spiro atoms. The maximum atomic E-state index is 13.2. The van der Waals surface area contributed by atoms with Crippen molar-refractivity contribution in [3.05, 3.63) is 51.8 Å². The highest BCUT2D eigenvalue weighted by Gasteiger charge is 2.34. The minimum Gasteiger partial charge on any atom is -0.322 e. The first-order valence-corrected chi connectivity index (χ1v) is 12.6. The third kappa shape index (κ3) is 3.65. The number of rotatable bonds is 4. The molecule has 156 valence electrons. The van der Waals surface area contributed by atoms with Crippen LogP contribution in [0.25, 0.3) is 11.0 Å². The molecule has 1 aliphatic heterocycles. The zero-order valence-electron chi connectivity index (χ0n) is 16.4. The van der Waals surface area contributed by atoms with E-state index in [1.54, 1.807) is 4.68 Å². The normalized spacial score (nSPS) is 20.5. The zero-order valence-corrected chi connectivity index (χ0v) is 18.8. The largest absolute Gasteiger partial charge is 0.322 e. The number of hydrogen-bond donors (Lipinski definition) is 1. The summed E-state index contributed by atoms with van der Waals surface area (Å²) in [4.78, 5) is 18.1. The van der Waals surface area contributed by atoms with E-state index in [4.69, 9.17) is 4.98 Å². The Labute approximate surface area is 182 Å². The van der Waals surface area contributed by atoms with E-state index in [0.717, 1.165) is 23.0 Å². The Morgan fingerprint density at radius 1 is 1.23 bits per heavy atom. The average molecular weight is 489 g/mol. The van der Waals surface area contributed by atoms with Crippen molar-refractivity contribution in [2.24, 2.45) is 0 Å². The fourth-order valence-electron chi connectivity index (χ4n) is 4.09. The minimum absolute atomic E-state index is 0.0676. The van der Waals surface area contributed by atoms with Gasteiger partial charge in [-0.25, -0.2) is 18.1 Å². The summed E-state index contributed by atoms with van der Waals surface area (Å²) < 4.78 is 26.7. The molecule has 1 aliphatic carbocycles. The van der Waals surface area contributed by atoms with Gasteiger partial charge in [0.05, 0.1) is 34.2 Å². The first-order chi connectivity index (χ1) is 14.3. The number of hydrogen-bond acceptors (Lipinski definition) is 5. The highest BCUT2D eigenvalue weighted by molar-refractivity contribution is 9.10. The summed E-state index contributed by atoms with van der Waals surface area (Å²) in [6, 6.07) is 9.07. The Morgan fingerprint density at radius 3 is 2.70 bits per heavy atom. The average Bonchev–Trinajstić information content (AvgIpc) is 3.41. The van der Waals surface area contributed by atoms with Gasteiger partial charge in [-0.1, -0.05) is 22.0 Å². The van der Waals surface area contributed by atoms with Gasteiger partial charge in [-0.15, -0.1) is 0 Å². The van der Waals surface area contributed by atoms with Crippen molar-refractivity contribution in [3.8, 4) is 0 Å². The molecule has 2 aliphatic rings. The van der Waals surface area contributed by atoms with E-state index in [1.165, 1.54) is 0 Å². The number of aromatic nitrogens is 3. The molecular weight excluding hydrogens is 468 g/mol. The van der Waals surface area contributed by atoms with Crippen LogP contribution in [-0.4, -0.2) is 40.6 Å². The van der Waals surface area contributed by atoms with E-state index in [-0.39, 0.29) is 23.5 Å². The molecule has 2 aromatic heterocycles. The molecule has 1 saturated carbocycles. The van der Waals surface area contributed by atoms with Gasteiger partial charge in [-0.05, 0) is 50.5 Å². The second-order valence-corrected chi connectivity index (χ2v) is 11.3. The van der Waals surface area contributed by atoms with Crippen LogP contribution in [0, 0.1) is 6.92 Å². The molecule has 7 nitrogen and oxygen atoms in total. The topological polar surface area (TPSA) is 93.9 Å². The molecule has 1 amide bonds. The molecule has 2 fully saturated rings. The van der Waals surface area contributed by atoms with Crippen LogP contribution in [-0.2, 0) is 9.84 Å². The van der Waals surface area contributed by atoms with Crippen molar-refractivity contribution in [2.75, 3.05) is 16.8 Å². The van der Waals surface area contributed by atoms with E-state index in [9.17, 15) is 13.2 Å². The van der Waals surface area contributed by atoms with Gasteiger partial charge < -0.3 is 5.32 Å². The minimum atomic E-state index is -3.06. The van der Waals surface area contributed by atoms with E-state index in [0.29, 0.717) is 40.3 Å². The Morgan fingerprint density at radius 2 is 2.03 bits per heavy atom. The predicted molar refractivity (Wildman–Crippen MR) is 119 cm³/mol. The molecule has 1 aromatic carbocycles. The summed E-state index contributed by atoms with van der Waals surface area (Å²) in [6.07, 6.45) is 2.62. The fraction of sp³-hybridized carbons (Fsp3) is 0.381. The van der Waals surface area contributed by atoms with Gasteiger partial charge >= 0.3 is 0 Å². The second-order valence-electron chi connectivity index (χ2n) is 8.12. The van der Waals surface area contributed by atoms with Crippen LogP contribution < -0.4 is 5.32 Å². The molecule has 1 saturated heterocycles. The van der Waals surface area contributed by atoms with Gasteiger partial charge in [0.25, 0.3) is 5.91 Å². The van der Waals surface area contributed by atoms with Crippen molar-refractivity contribution in [2.45, 2.75) is 38.1 Å². The standard InChI is InChI=1S/C21H21BrN4O3S/c1-12-19-17(21(27)23-15-4-2-3-14(22)9-15)10-18(13-5-6-13)24-20(19)26(25-12)16-7-8-30(28,29)11-16/h2-4,9-10,13,16H,5-8,11H2,1H3,(H,23,27)/t16-/m1/s1. The molecule has 30 heavy (non-hydrogen) atoms. The SMILES string of the molecule is Cc1nn([C@@H]2CCS(=O)(=O)C2)c2nc(C3CC3)cc(C(=O)Nc3cccc(Br)c3)c12. The van der Waals surface area contributed by atoms with Gasteiger partial charge in [-0.3, -0.25) is 4.79 Å². The van der Waals surface area contributed by atoms with Crippen LogP contribution in [0.15, 0.2) is 34.8 Å². The molecule has 0 unspecified atom stereocenters. The second kappa shape index (κ2) is 7.16. The van der Waals surface area contributed by atoms with Crippen LogP contribution in [0.3, 0.4) is 0 Å². The molecule has 0 bridgehead atoms. The zero-order chi connectivity index (χ0) is 21.0. The highest BCUT2D eigenvalue weighted by atomic mass is 79.9. The number of carbonyl (C=O) groups is 1. The first-order valence-electron chi connectivity index (χ1n) is 9.98. The van der Waals surface area contributed by atoms with Crippen molar-refractivity contribution >= 4 is 48.4 Å². The lowest BCUT2D eigenvalue weighted by Gasteiger charge is -2.12. The molecule has 1 N–H and O–H groups in total. The molecule has 0 radical (unpaired) electrons. The molecule has 1 atom stereocenters. The van der Waals surface area contributed by atoms with Gasteiger partial charge in [-0.2, -0.15) is 5.10 Å². The molecule has 3 heterocycles. The molecule has 9 heteroatoms. The monoisotopic (exact) mass is 488 g/mol. The lowest BCUT2D eigenvalue weighted by molar-refractivity contribution is 0.102. The smallest absolute Gasteiger partial charge is 0.256 e. The van der Waals surface area contributed by atoms with Crippen molar-refractivity contribution < 1.29 is 13.2 Å². The molecule has 3 aromatic rings. The maximum Gasteiger partial charge on any atom is 0.256 e. The van der Waals surface area contributed by atoms with Crippen molar-refractivity contribution in [1.29, 1.82) is 0 Å². The summed E-state index contributed by atoms with van der Waals surface area (Å²) >= 11 is 3.43. The van der Waals surface area contributed by atoms with Gasteiger partial charge in [0.2, 0.25) is 0 Å². The Hall–Kier alpha value is -2.26. The van der Waals surface area contributed by atoms with Crippen LogP contribution in [0.1, 0.15) is 53.0 Å². The van der Waals surface area contributed by atoms with Crippen molar-refractivity contribution in [3.63, 3.8) is 0 Å². The van der Waals surface area contributed by atoms with Crippen LogP contribution in [0.2, 0.25) is 0 Å². The quantitative estimate of drug-likeness (QED) is 0.598. The number of halogens is 1. The highest BCUT2D eigenvalue weighted by Crippen LogP contribution is 2.41. The Kier molecular flexibility index (Phi) is 4.70. The number of pyridine rings is 1. The van der Waals surface area contributed by atoms with E-state index >= 15 is 0 Å². The van der Waals surface area contributed by atoms with Gasteiger partial charge in [0.15, 0.2) is 15.5 Å². The molecular formula is C21H21BrN4O3S.